The summed E-state index contributed by atoms with van der Waals surface area (Å²) in [7, 11) is -3.37. The van der Waals surface area contributed by atoms with Crippen molar-refractivity contribution in [3.05, 3.63) is 24.3 Å². The Labute approximate surface area is 153 Å². The summed E-state index contributed by atoms with van der Waals surface area (Å²) in [6.07, 6.45) is 1.38. The molecule has 2 amide bonds. The molecule has 0 aliphatic carbocycles. The van der Waals surface area contributed by atoms with Crippen LogP contribution in [0.5, 0.6) is 0 Å². The van der Waals surface area contributed by atoms with E-state index in [1.807, 2.05) is 13.8 Å². The molecule has 0 unspecified atom stereocenters. The van der Waals surface area contributed by atoms with Gasteiger partial charge in [-0.2, -0.15) is 0 Å². The summed E-state index contributed by atoms with van der Waals surface area (Å²) in [5.74, 6) is -0.424. The van der Waals surface area contributed by atoms with E-state index in [0.29, 0.717) is 17.8 Å². The van der Waals surface area contributed by atoms with Gasteiger partial charge in [-0.15, -0.1) is 0 Å². The first-order valence-electron chi connectivity index (χ1n) is 7.93. The van der Waals surface area contributed by atoms with Crippen LogP contribution in [-0.2, 0) is 19.4 Å². The van der Waals surface area contributed by atoms with E-state index >= 15 is 0 Å². The lowest BCUT2D eigenvalue weighted by atomic mass is 10.1. The number of nitrogens with one attached hydrogen (secondary N) is 1. The average molecular weight is 385 g/mol. The molecule has 0 bridgehead atoms. The minimum Gasteiger partial charge on any atom is -0.324 e. The number of para-hydroxylation sites is 2. The minimum absolute atomic E-state index is 0.0202. The molecular formula is C17H24N2O4S2. The Bertz CT molecular complexity index is 801. The van der Waals surface area contributed by atoms with Crippen molar-refractivity contribution in [2.75, 3.05) is 15.9 Å². The molecule has 2 rings (SSSR count). The zero-order valence-electron chi connectivity index (χ0n) is 15.1. The maximum absolute atomic E-state index is 12.4. The molecular weight excluding hydrogens is 360 g/mol. The van der Waals surface area contributed by atoms with E-state index in [0.717, 1.165) is 6.26 Å². The Kier molecular flexibility index (Phi) is 5.26. The number of nitrogens with zero attached hydrogens (tertiary/aromatic N) is 1. The standard InChI is InChI=1S/C17H24N2O4S2/c1-16(2)11-15(21)19(24-16)13-9-7-6-8-12(13)18-14(20)10-17(3,4)25(5,22)23/h6-9H,10-11H2,1-5H3,(H,18,20). The SMILES string of the molecule is CC1(C)CC(=O)N(c2ccccc2NC(=O)CC(C)(C)S(C)(=O)=O)S1. The van der Waals surface area contributed by atoms with Gasteiger partial charge < -0.3 is 5.32 Å². The van der Waals surface area contributed by atoms with Gasteiger partial charge in [-0.05, 0) is 51.8 Å². The molecule has 6 nitrogen and oxygen atoms in total. The highest BCUT2D eigenvalue weighted by Crippen LogP contribution is 2.44. The van der Waals surface area contributed by atoms with E-state index in [4.69, 9.17) is 0 Å². The maximum Gasteiger partial charge on any atom is 0.238 e. The number of anilines is 2. The number of sulfone groups is 1. The first-order valence-corrected chi connectivity index (χ1v) is 10.6. The van der Waals surface area contributed by atoms with Crippen molar-refractivity contribution in [1.82, 2.24) is 0 Å². The van der Waals surface area contributed by atoms with Crippen molar-refractivity contribution in [2.45, 2.75) is 50.0 Å². The molecule has 1 N–H and O–H groups in total. The summed E-state index contributed by atoms with van der Waals surface area (Å²) < 4.78 is 23.8. The van der Waals surface area contributed by atoms with Gasteiger partial charge in [0.05, 0.1) is 16.1 Å². The fourth-order valence-electron chi connectivity index (χ4n) is 2.42. The van der Waals surface area contributed by atoms with Crippen molar-refractivity contribution in [3.8, 4) is 0 Å². The van der Waals surface area contributed by atoms with Gasteiger partial charge >= 0.3 is 0 Å². The van der Waals surface area contributed by atoms with Crippen LogP contribution >= 0.6 is 11.9 Å². The predicted molar refractivity (Wildman–Crippen MR) is 102 cm³/mol. The summed E-state index contributed by atoms with van der Waals surface area (Å²) in [5, 5.41) is 2.75. The molecule has 0 radical (unpaired) electrons. The number of carbonyl (C=O) groups is 2. The largest absolute Gasteiger partial charge is 0.324 e. The molecule has 8 heteroatoms. The van der Waals surface area contributed by atoms with Crippen LogP contribution in [0.1, 0.15) is 40.5 Å². The van der Waals surface area contributed by atoms with Crippen molar-refractivity contribution in [2.24, 2.45) is 0 Å². The molecule has 1 aromatic rings. The second-order valence-electron chi connectivity index (χ2n) is 7.49. The number of rotatable bonds is 5. The van der Waals surface area contributed by atoms with Crippen LogP contribution in [0.3, 0.4) is 0 Å². The highest BCUT2D eigenvalue weighted by atomic mass is 32.2. The summed E-state index contributed by atoms with van der Waals surface area (Å²) in [4.78, 5) is 24.7. The average Bonchev–Trinajstić information content (AvgIpc) is 2.70. The van der Waals surface area contributed by atoms with Crippen LogP contribution in [0, 0.1) is 0 Å². The van der Waals surface area contributed by atoms with Gasteiger partial charge in [0.15, 0.2) is 9.84 Å². The molecule has 1 aromatic carbocycles. The quantitative estimate of drug-likeness (QED) is 0.789. The van der Waals surface area contributed by atoms with Crippen molar-refractivity contribution >= 4 is 45.0 Å². The first-order chi connectivity index (χ1) is 11.3. The predicted octanol–water partition coefficient (Wildman–Crippen LogP) is 3.00. The van der Waals surface area contributed by atoms with Crippen LogP contribution in [0.2, 0.25) is 0 Å². The van der Waals surface area contributed by atoms with E-state index < -0.39 is 20.5 Å². The van der Waals surface area contributed by atoms with Gasteiger partial charge in [0.2, 0.25) is 11.8 Å². The van der Waals surface area contributed by atoms with E-state index in [9.17, 15) is 18.0 Å². The van der Waals surface area contributed by atoms with Gasteiger partial charge in [-0.3, -0.25) is 13.9 Å². The lowest BCUT2D eigenvalue weighted by Crippen LogP contribution is -2.35. The van der Waals surface area contributed by atoms with Crippen LogP contribution in [0.25, 0.3) is 0 Å². The van der Waals surface area contributed by atoms with Gasteiger partial charge in [0.25, 0.3) is 0 Å². The Morgan fingerprint density at radius 1 is 1.32 bits per heavy atom. The number of carbonyl (C=O) groups excluding carboxylic acids is 2. The van der Waals surface area contributed by atoms with Gasteiger partial charge in [0, 0.05) is 23.8 Å². The monoisotopic (exact) mass is 384 g/mol. The third-order valence-electron chi connectivity index (χ3n) is 4.13. The van der Waals surface area contributed by atoms with Crippen LogP contribution in [0.4, 0.5) is 11.4 Å². The summed E-state index contributed by atoms with van der Waals surface area (Å²) >= 11 is 1.42. The highest BCUT2D eigenvalue weighted by molar-refractivity contribution is 8.03. The molecule has 0 spiro atoms. The second kappa shape index (κ2) is 6.64. The molecule has 0 atom stereocenters. The summed E-state index contributed by atoms with van der Waals surface area (Å²) in [5.41, 5.74) is 1.10. The topological polar surface area (TPSA) is 83.6 Å². The third-order valence-corrected chi connectivity index (χ3v) is 7.50. The minimum atomic E-state index is -3.37. The van der Waals surface area contributed by atoms with E-state index in [1.165, 1.54) is 25.8 Å². The van der Waals surface area contributed by atoms with Crippen LogP contribution < -0.4 is 9.62 Å². The molecule has 1 aliphatic heterocycles. The molecule has 1 aliphatic rings. The van der Waals surface area contributed by atoms with Crippen molar-refractivity contribution < 1.29 is 18.0 Å². The zero-order chi connectivity index (χ0) is 19.0. The number of benzene rings is 1. The molecule has 0 aromatic heterocycles. The summed E-state index contributed by atoms with van der Waals surface area (Å²) in [6.45, 7) is 7.03. The molecule has 25 heavy (non-hydrogen) atoms. The van der Waals surface area contributed by atoms with Gasteiger partial charge in [0.1, 0.15) is 0 Å². The van der Waals surface area contributed by atoms with Crippen LogP contribution in [-0.4, -0.2) is 36.0 Å². The number of hydrogen-bond donors (Lipinski definition) is 1. The zero-order valence-corrected chi connectivity index (χ0v) is 16.8. The van der Waals surface area contributed by atoms with Gasteiger partial charge in [-0.25, -0.2) is 8.42 Å². The smallest absolute Gasteiger partial charge is 0.238 e. The molecule has 1 fully saturated rings. The van der Waals surface area contributed by atoms with Gasteiger partial charge in [-0.1, -0.05) is 12.1 Å². The normalized spacial score (nSPS) is 17.6. The molecule has 1 heterocycles. The maximum atomic E-state index is 12.4. The Morgan fingerprint density at radius 2 is 1.92 bits per heavy atom. The number of hydrogen-bond acceptors (Lipinski definition) is 5. The molecule has 1 saturated heterocycles. The fourth-order valence-corrected chi connectivity index (χ4v) is 3.92. The lowest BCUT2D eigenvalue weighted by molar-refractivity contribution is -0.117. The lowest BCUT2D eigenvalue weighted by Gasteiger charge is -2.24. The second-order valence-corrected chi connectivity index (χ2v) is 11.8. The Hall–Kier alpha value is -1.54. The summed E-state index contributed by atoms with van der Waals surface area (Å²) in [6, 6.07) is 7.03. The molecule has 138 valence electrons. The fraction of sp³-hybridized carbons (Fsp3) is 0.529. The number of amides is 2. The Morgan fingerprint density at radius 3 is 2.44 bits per heavy atom. The van der Waals surface area contributed by atoms with E-state index in [1.54, 1.807) is 28.6 Å². The van der Waals surface area contributed by atoms with E-state index in [2.05, 4.69) is 5.32 Å². The third kappa shape index (κ3) is 4.55. The van der Waals surface area contributed by atoms with Crippen molar-refractivity contribution in [3.63, 3.8) is 0 Å². The Balaban J connectivity index is 2.22. The van der Waals surface area contributed by atoms with Crippen molar-refractivity contribution in [1.29, 1.82) is 0 Å². The molecule has 0 saturated carbocycles. The van der Waals surface area contributed by atoms with E-state index in [-0.39, 0.29) is 17.1 Å². The van der Waals surface area contributed by atoms with Crippen LogP contribution in [0.15, 0.2) is 24.3 Å². The first kappa shape index (κ1) is 19.8. The highest BCUT2D eigenvalue weighted by Gasteiger charge is 2.39.